The van der Waals surface area contributed by atoms with Crippen LogP contribution in [0.2, 0.25) is 0 Å². The quantitative estimate of drug-likeness (QED) is 0.877. The van der Waals surface area contributed by atoms with E-state index in [2.05, 4.69) is 60.9 Å². The fraction of sp³-hybridized carbons (Fsp3) is 0.500. The maximum absolute atomic E-state index is 4.68. The number of imidazole rings is 1. The first-order chi connectivity index (χ1) is 8.13. The lowest BCUT2D eigenvalue weighted by molar-refractivity contribution is 0.517. The van der Waals surface area contributed by atoms with Crippen LogP contribution in [0, 0.1) is 6.92 Å². The molecule has 0 fully saturated rings. The van der Waals surface area contributed by atoms with E-state index in [1.807, 2.05) is 0 Å². The van der Waals surface area contributed by atoms with Crippen molar-refractivity contribution in [3.05, 3.63) is 29.6 Å². The topological polar surface area (TPSA) is 29.9 Å². The number of nitrogens with one attached hydrogen (secondary N) is 1. The Kier molecular flexibility index (Phi) is 3.48. The van der Waals surface area contributed by atoms with E-state index in [4.69, 9.17) is 0 Å². The molecule has 0 aliphatic rings. The van der Waals surface area contributed by atoms with Crippen LogP contribution in [-0.2, 0) is 13.6 Å². The summed E-state index contributed by atoms with van der Waals surface area (Å²) in [5.41, 5.74) is 3.62. The average molecular weight is 231 g/mol. The molecule has 3 heteroatoms. The molecular formula is C14H21N3. The first-order valence-corrected chi connectivity index (χ1v) is 6.27. The number of benzene rings is 1. The monoisotopic (exact) mass is 231 g/mol. The minimum absolute atomic E-state index is 0.538. The molecule has 2 rings (SSSR count). The number of hydrogen-bond donors (Lipinski definition) is 1. The third-order valence-electron chi connectivity index (χ3n) is 3.41. The molecule has 2 aromatic rings. The van der Waals surface area contributed by atoms with Crippen molar-refractivity contribution in [2.45, 2.75) is 39.8 Å². The van der Waals surface area contributed by atoms with Gasteiger partial charge in [0.2, 0.25) is 0 Å². The zero-order valence-electron chi connectivity index (χ0n) is 11.1. The van der Waals surface area contributed by atoms with Gasteiger partial charge in [-0.2, -0.15) is 0 Å². The molecule has 0 saturated heterocycles. The van der Waals surface area contributed by atoms with Crippen LogP contribution >= 0.6 is 0 Å². The molecule has 0 amide bonds. The van der Waals surface area contributed by atoms with Crippen molar-refractivity contribution in [3.8, 4) is 0 Å². The van der Waals surface area contributed by atoms with Gasteiger partial charge in [-0.05, 0) is 31.9 Å². The predicted molar refractivity (Wildman–Crippen MR) is 72.0 cm³/mol. The van der Waals surface area contributed by atoms with E-state index in [9.17, 15) is 0 Å². The molecule has 3 nitrogen and oxygen atoms in total. The van der Waals surface area contributed by atoms with Gasteiger partial charge in [0.15, 0.2) is 0 Å². The molecule has 0 aliphatic heterocycles. The second-order valence-electron chi connectivity index (χ2n) is 4.72. The Morgan fingerprint density at radius 2 is 2.18 bits per heavy atom. The first kappa shape index (κ1) is 12.1. The number of aromatic nitrogens is 2. The number of fused-ring (bicyclic) bond motifs is 1. The van der Waals surface area contributed by atoms with Crippen LogP contribution in [-0.4, -0.2) is 15.6 Å². The highest BCUT2D eigenvalue weighted by atomic mass is 15.1. The summed E-state index contributed by atoms with van der Waals surface area (Å²) in [4.78, 5) is 4.68. The van der Waals surface area contributed by atoms with Crippen molar-refractivity contribution in [2.24, 2.45) is 7.05 Å². The van der Waals surface area contributed by atoms with Gasteiger partial charge in [0.1, 0.15) is 5.82 Å². The minimum atomic E-state index is 0.538. The van der Waals surface area contributed by atoms with E-state index >= 15 is 0 Å². The average Bonchev–Trinajstić information content (AvgIpc) is 2.64. The van der Waals surface area contributed by atoms with E-state index < -0.39 is 0 Å². The molecule has 1 unspecified atom stereocenters. The zero-order chi connectivity index (χ0) is 12.4. The second kappa shape index (κ2) is 4.88. The summed E-state index contributed by atoms with van der Waals surface area (Å²) in [6, 6.07) is 6.82. The number of hydrogen-bond acceptors (Lipinski definition) is 2. The Hall–Kier alpha value is -1.35. The van der Waals surface area contributed by atoms with E-state index in [1.165, 1.54) is 11.1 Å². The Morgan fingerprint density at radius 1 is 1.41 bits per heavy atom. The van der Waals surface area contributed by atoms with Gasteiger partial charge in [0.25, 0.3) is 0 Å². The van der Waals surface area contributed by atoms with Crippen molar-refractivity contribution in [1.82, 2.24) is 14.9 Å². The van der Waals surface area contributed by atoms with Crippen LogP contribution in [0.1, 0.15) is 31.7 Å². The van der Waals surface area contributed by atoms with E-state index in [-0.39, 0.29) is 0 Å². The van der Waals surface area contributed by atoms with Crippen molar-refractivity contribution in [2.75, 3.05) is 0 Å². The van der Waals surface area contributed by atoms with Gasteiger partial charge in [0.05, 0.1) is 17.6 Å². The molecule has 1 aromatic heterocycles. The maximum atomic E-state index is 4.68. The highest BCUT2D eigenvalue weighted by molar-refractivity contribution is 5.79. The highest BCUT2D eigenvalue weighted by Gasteiger charge is 2.09. The van der Waals surface area contributed by atoms with Crippen molar-refractivity contribution < 1.29 is 0 Å². The molecular weight excluding hydrogens is 210 g/mol. The van der Waals surface area contributed by atoms with Crippen LogP contribution in [0.5, 0.6) is 0 Å². The smallest absolute Gasteiger partial charge is 0.123 e. The fourth-order valence-corrected chi connectivity index (χ4v) is 2.08. The summed E-state index contributed by atoms with van der Waals surface area (Å²) in [5.74, 6) is 1.11. The summed E-state index contributed by atoms with van der Waals surface area (Å²) in [6.45, 7) is 7.36. The standard InChI is InChI=1S/C14H21N3/c1-5-11(3)15-9-13-16-12-8-6-7-10(2)14(12)17(13)4/h6-8,11,15H,5,9H2,1-4H3. The molecule has 0 radical (unpaired) electrons. The predicted octanol–water partition coefficient (Wildman–Crippen LogP) is 2.77. The number of nitrogens with zero attached hydrogens (tertiary/aromatic N) is 2. The Balaban J connectivity index is 2.30. The molecule has 1 heterocycles. The van der Waals surface area contributed by atoms with Gasteiger partial charge >= 0.3 is 0 Å². The summed E-state index contributed by atoms with van der Waals surface area (Å²) >= 11 is 0. The third kappa shape index (κ3) is 2.34. The maximum Gasteiger partial charge on any atom is 0.123 e. The van der Waals surface area contributed by atoms with Crippen LogP contribution in [0.4, 0.5) is 0 Å². The number of para-hydroxylation sites is 1. The van der Waals surface area contributed by atoms with Gasteiger partial charge in [-0.3, -0.25) is 0 Å². The molecule has 0 bridgehead atoms. The molecule has 92 valence electrons. The lowest BCUT2D eigenvalue weighted by Gasteiger charge is -2.10. The number of rotatable bonds is 4. The van der Waals surface area contributed by atoms with Crippen LogP contribution in [0.25, 0.3) is 11.0 Å². The first-order valence-electron chi connectivity index (χ1n) is 6.27. The SMILES string of the molecule is CCC(C)NCc1nc2cccc(C)c2n1C. The van der Waals surface area contributed by atoms with Gasteiger partial charge < -0.3 is 9.88 Å². The van der Waals surface area contributed by atoms with Crippen molar-refractivity contribution in [3.63, 3.8) is 0 Å². The van der Waals surface area contributed by atoms with Gasteiger partial charge in [0, 0.05) is 13.1 Å². The summed E-state index contributed by atoms with van der Waals surface area (Å²) in [7, 11) is 2.09. The van der Waals surface area contributed by atoms with E-state index in [0.29, 0.717) is 6.04 Å². The lowest BCUT2D eigenvalue weighted by Crippen LogP contribution is -2.25. The normalized spacial score (nSPS) is 13.2. The third-order valence-corrected chi connectivity index (χ3v) is 3.41. The fourth-order valence-electron chi connectivity index (χ4n) is 2.08. The van der Waals surface area contributed by atoms with Gasteiger partial charge in [-0.15, -0.1) is 0 Å². The largest absolute Gasteiger partial charge is 0.330 e. The molecule has 1 atom stereocenters. The van der Waals surface area contributed by atoms with Gasteiger partial charge in [-0.25, -0.2) is 4.98 Å². The Labute approximate surface area is 103 Å². The van der Waals surface area contributed by atoms with Crippen LogP contribution in [0.3, 0.4) is 0 Å². The van der Waals surface area contributed by atoms with E-state index in [0.717, 1.165) is 24.3 Å². The molecule has 1 aromatic carbocycles. The zero-order valence-corrected chi connectivity index (χ0v) is 11.1. The molecule has 0 spiro atoms. The highest BCUT2D eigenvalue weighted by Crippen LogP contribution is 2.18. The van der Waals surface area contributed by atoms with E-state index in [1.54, 1.807) is 0 Å². The summed E-state index contributed by atoms with van der Waals surface area (Å²) in [5, 5.41) is 3.49. The summed E-state index contributed by atoms with van der Waals surface area (Å²) in [6.07, 6.45) is 1.14. The lowest BCUT2D eigenvalue weighted by atomic mass is 10.2. The minimum Gasteiger partial charge on any atom is -0.330 e. The van der Waals surface area contributed by atoms with Crippen LogP contribution < -0.4 is 5.32 Å². The van der Waals surface area contributed by atoms with Crippen molar-refractivity contribution in [1.29, 1.82) is 0 Å². The second-order valence-corrected chi connectivity index (χ2v) is 4.72. The number of aryl methyl sites for hydroxylation is 2. The van der Waals surface area contributed by atoms with Gasteiger partial charge in [-0.1, -0.05) is 19.1 Å². The Morgan fingerprint density at radius 3 is 2.82 bits per heavy atom. The van der Waals surface area contributed by atoms with Crippen LogP contribution in [0.15, 0.2) is 18.2 Å². The molecule has 17 heavy (non-hydrogen) atoms. The molecule has 0 aliphatic carbocycles. The molecule has 0 saturated carbocycles. The summed E-state index contributed by atoms with van der Waals surface area (Å²) < 4.78 is 2.19. The van der Waals surface area contributed by atoms with Crippen molar-refractivity contribution >= 4 is 11.0 Å². The molecule has 1 N–H and O–H groups in total. The Bertz CT molecular complexity index is 513.